The zero-order valence-corrected chi connectivity index (χ0v) is 11.1. The first kappa shape index (κ1) is 27.4. The van der Waals surface area contributed by atoms with Crippen molar-refractivity contribution in [1.82, 2.24) is 0 Å². The molecule has 0 bridgehead atoms. The van der Waals surface area contributed by atoms with Crippen LogP contribution in [0.4, 0.5) is 0 Å². The maximum absolute atomic E-state index is 0. The van der Waals surface area contributed by atoms with Crippen molar-refractivity contribution in [2.24, 2.45) is 0 Å². The molecule has 0 rings (SSSR count). The molecule has 0 amide bonds. The van der Waals surface area contributed by atoms with E-state index in [1.165, 1.54) is 0 Å². The summed E-state index contributed by atoms with van der Waals surface area (Å²) in [5.41, 5.74) is 0. The molecular weight excluding hydrogens is 459 g/mol. The molecule has 4 heavy (non-hydrogen) atoms. The van der Waals surface area contributed by atoms with Crippen LogP contribution in [0.5, 0.6) is 0 Å². The monoisotopic (exact) mass is 459 g/mol. The molecule has 0 saturated heterocycles. The summed E-state index contributed by atoms with van der Waals surface area (Å²) >= 11 is 0. The Morgan fingerprint density at radius 3 is 1.00 bits per heavy atom. The summed E-state index contributed by atoms with van der Waals surface area (Å²) in [6.45, 7) is 0. The number of rotatable bonds is 0. The van der Waals surface area contributed by atoms with Crippen LogP contribution in [0.1, 0.15) is 0 Å². The van der Waals surface area contributed by atoms with Gasteiger partial charge in [-0.3, -0.25) is 0 Å². The Morgan fingerprint density at radius 2 is 1.00 bits per heavy atom. The van der Waals surface area contributed by atoms with E-state index in [-0.39, 0.29) is 95.9 Å². The summed E-state index contributed by atoms with van der Waals surface area (Å²) in [7, 11) is 0. The molecule has 0 aromatic heterocycles. The molecule has 0 unspecified atom stereocenters. The number of hydrogen-bond donors (Lipinski definition) is 0. The van der Waals surface area contributed by atoms with Crippen molar-refractivity contribution < 1.29 is 69.7 Å². The van der Waals surface area contributed by atoms with Gasteiger partial charge in [-0.1, -0.05) is 0 Å². The molecule has 0 fully saturated rings. The van der Waals surface area contributed by atoms with Gasteiger partial charge in [-0.25, -0.2) is 0 Å². The summed E-state index contributed by atoms with van der Waals surface area (Å²) in [4.78, 5) is 0. The summed E-state index contributed by atoms with van der Waals surface area (Å²) in [5.74, 6) is 0. The molecule has 0 N–H and O–H groups in total. The van der Waals surface area contributed by atoms with Gasteiger partial charge >= 0.3 is 0 Å². The molecule has 0 aromatic carbocycles. The van der Waals surface area contributed by atoms with Crippen molar-refractivity contribution in [2.75, 3.05) is 0 Å². The van der Waals surface area contributed by atoms with E-state index in [9.17, 15) is 0 Å². The van der Waals surface area contributed by atoms with E-state index in [0.29, 0.717) is 0 Å². The van der Waals surface area contributed by atoms with Gasteiger partial charge in [-0.2, -0.15) is 0 Å². The molecule has 0 spiro atoms. The second-order valence-corrected chi connectivity index (χ2v) is 0. The normalized spacial score (nSPS) is 0. The Balaban J connectivity index is 0. The van der Waals surface area contributed by atoms with E-state index in [1.807, 2.05) is 0 Å². The molecular formula is BiFeLaMn. The minimum Gasteiger partial charge on any atom is 0 e. The molecule has 0 aromatic rings. The summed E-state index contributed by atoms with van der Waals surface area (Å²) < 4.78 is 0. The Kier molecular flexibility index (Phi) is 113. The maximum atomic E-state index is 0. The molecule has 0 aliphatic rings. The Morgan fingerprint density at radius 1 is 1.00 bits per heavy atom. The largest absolute Gasteiger partial charge is 0 e. The summed E-state index contributed by atoms with van der Waals surface area (Å²) in [6, 6.07) is 0. The predicted octanol–water partition coefficient (Wildman–Crippen LogP) is -0.386. The van der Waals surface area contributed by atoms with Gasteiger partial charge in [0, 0.05) is 95.9 Å². The van der Waals surface area contributed by atoms with Crippen LogP contribution < -0.4 is 0 Å². The Hall–Kier alpha value is 3.12. The topological polar surface area (TPSA) is 0 Å². The van der Waals surface area contributed by atoms with Gasteiger partial charge in [-0.05, 0) is 0 Å². The first-order valence-corrected chi connectivity index (χ1v) is 0. The smallest absolute Gasteiger partial charge is 0 e. The van der Waals surface area contributed by atoms with Gasteiger partial charge in [0.25, 0.3) is 0 Å². The van der Waals surface area contributed by atoms with Crippen LogP contribution in [-0.4, -0.2) is 26.2 Å². The van der Waals surface area contributed by atoms with E-state index < -0.39 is 0 Å². The van der Waals surface area contributed by atoms with Gasteiger partial charge < -0.3 is 0 Å². The third-order valence-corrected chi connectivity index (χ3v) is 0. The van der Waals surface area contributed by atoms with E-state index in [2.05, 4.69) is 0 Å². The first-order valence-electron chi connectivity index (χ1n) is 0. The van der Waals surface area contributed by atoms with Crippen LogP contribution in [0.15, 0.2) is 0 Å². The van der Waals surface area contributed by atoms with Crippen LogP contribution in [0.25, 0.3) is 0 Å². The molecule has 4 heteroatoms. The van der Waals surface area contributed by atoms with Crippen molar-refractivity contribution in [2.45, 2.75) is 0 Å². The second-order valence-electron chi connectivity index (χ2n) is 0. The number of hydrogen-bond acceptors (Lipinski definition) is 0. The molecule has 5 radical (unpaired) electrons. The first-order chi connectivity index (χ1) is 0. The third kappa shape index (κ3) is 8.93. The van der Waals surface area contributed by atoms with E-state index in [0.717, 1.165) is 0 Å². The maximum Gasteiger partial charge on any atom is 0 e. The van der Waals surface area contributed by atoms with Crippen molar-refractivity contribution >= 4 is 26.2 Å². The molecule has 0 heterocycles. The average Bonchev–Trinajstić information content (AvgIpc) is 0. The minimum absolute atomic E-state index is 0. The molecule has 0 atom stereocenters. The fourth-order valence-electron chi connectivity index (χ4n) is 0. The van der Waals surface area contributed by atoms with E-state index in [1.54, 1.807) is 0 Å². The fourth-order valence-corrected chi connectivity index (χ4v) is 0. The predicted molar refractivity (Wildman–Crippen MR) is 5.75 cm³/mol. The van der Waals surface area contributed by atoms with Crippen molar-refractivity contribution in [1.29, 1.82) is 0 Å². The molecule has 23 valence electrons. The summed E-state index contributed by atoms with van der Waals surface area (Å²) in [6.07, 6.45) is 0. The zero-order chi connectivity index (χ0) is 0. The van der Waals surface area contributed by atoms with Crippen molar-refractivity contribution in [3.63, 3.8) is 0 Å². The Bertz CT molecular complexity index is 8.00. The minimum atomic E-state index is 0. The SMILES string of the molecule is [Bi].[Fe].[La].[Mn]. The standard InChI is InChI=1S/Bi.Fe.La.Mn. The van der Waals surface area contributed by atoms with Gasteiger partial charge in [0.05, 0.1) is 0 Å². The van der Waals surface area contributed by atoms with E-state index in [4.69, 9.17) is 0 Å². The zero-order valence-electron chi connectivity index (χ0n) is 1.76. The summed E-state index contributed by atoms with van der Waals surface area (Å²) in [5, 5.41) is 0. The van der Waals surface area contributed by atoms with E-state index >= 15 is 0 Å². The van der Waals surface area contributed by atoms with Crippen LogP contribution in [0.3, 0.4) is 0 Å². The third-order valence-electron chi connectivity index (χ3n) is 0. The van der Waals surface area contributed by atoms with Crippen LogP contribution >= 0.6 is 0 Å². The second kappa shape index (κ2) is 16.5. The average molecular weight is 459 g/mol. The van der Waals surface area contributed by atoms with Crippen molar-refractivity contribution in [3.05, 3.63) is 0 Å². The Labute approximate surface area is 93.9 Å². The molecule has 0 saturated carbocycles. The van der Waals surface area contributed by atoms with Crippen LogP contribution in [-0.2, 0) is 34.1 Å². The van der Waals surface area contributed by atoms with Gasteiger partial charge in [-0.15, -0.1) is 0 Å². The van der Waals surface area contributed by atoms with Gasteiger partial charge in [0.15, 0.2) is 0 Å². The van der Waals surface area contributed by atoms with Crippen LogP contribution in [0, 0.1) is 35.6 Å². The van der Waals surface area contributed by atoms with Crippen molar-refractivity contribution in [3.8, 4) is 0 Å². The van der Waals surface area contributed by atoms with Crippen LogP contribution in [0.2, 0.25) is 0 Å². The molecule has 0 aliphatic heterocycles. The van der Waals surface area contributed by atoms with Gasteiger partial charge in [0.1, 0.15) is 0 Å². The fraction of sp³-hybridized carbons (Fsp3) is 0. The molecule has 0 nitrogen and oxygen atoms in total. The quantitative estimate of drug-likeness (QED) is 0.434. The molecule has 0 aliphatic carbocycles. The van der Waals surface area contributed by atoms with Gasteiger partial charge in [0.2, 0.25) is 0 Å².